The number of phosphoric acid groups is 2. The molecule has 5 atom stereocenters. The first-order valence-electron chi connectivity index (χ1n) is 38.6. The zero-order valence-electron chi connectivity index (χ0n) is 60.4. The monoisotopic (exact) mass is 1370 g/mol. The number of esters is 4. The number of hydrogen-bond donors (Lipinski definition) is 3. The highest BCUT2D eigenvalue weighted by atomic mass is 31.2. The minimum absolute atomic E-state index is 0.104. The minimum Gasteiger partial charge on any atom is -0.462 e. The quantitative estimate of drug-likeness (QED) is 0.0222. The molecule has 0 aromatic heterocycles. The van der Waals surface area contributed by atoms with Gasteiger partial charge in [0.05, 0.1) is 26.4 Å². The van der Waals surface area contributed by atoms with Gasteiger partial charge in [-0.3, -0.25) is 37.3 Å². The van der Waals surface area contributed by atoms with Gasteiger partial charge in [-0.25, -0.2) is 9.13 Å². The van der Waals surface area contributed by atoms with Crippen molar-refractivity contribution in [3.05, 3.63) is 0 Å². The van der Waals surface area contributed by atoms with Gasteiger partial charge >= 0.3 is 39.5 Å². The highest BCUT2D eigenvalue weighted by Crippen LogP contribution is 2.45. The summed E-state index contributed by atoms with van der Waals surface area (Å²) in [7, 11) is -9.90. The first-order chi connectivity index (χ1) is 45.0. The third-order valence-electron chi connectivity index (χ3n) is 17.3. The third kappa shape index (κ3) is 68.4. The highest BCUT2D eigenvalue weighted by molar-refractivity contribution is 7.47. The van der Waals surface area contributed by atoms with Crippen LogP contribution < -0.4 is 0 Å². The van der Waals surface area contributed by atoms with E-state index in [-0.39, 0.29) is 25.7 Å². The third-order valence-corrected chi connectivity index (χ3v) is 19.2. The normalized spacial score (nSPS) is 14.0. The lowest BCUT2D eigenvalue weighted by Crippen LogP contribution is -2.30. The van der Waals surface area contributed by atoms with Crippen molar-refractivity contribution in [3.63, 3.8) is 0 Å². The van der Waals surface area contributed by atoms with Gasteiger partial charge < -0.3 is 33.8 Å². The number of aliphatic hydroxyl groups excluding tert-OH is 1. The van der Waals surface area contributed by atoms with E-state index in [0.717, 1.165) is 89.9 Å². The number of carbonyl (C=O) groups excluding carboxylic acids is 4. The lowest BCUT2D eigenvalue weighted by molar-refractivity contribution is -0.161. The van der Waals surface area contributed by atoms with Crippen LogP contribution in [0.4, 0.5) is 0 Å². The van der Waals surface area contributed by atoms with E-state index in [4.69, 9.17) is 37.0 Å². The Morgan fingerprint density at radius 1 is 0.290 bits per heavy atom. The average Bonchev–Trinajstić information content (AvgIpc) is 2.62. The molecule has 2 unspecified atom stereocenters. The molecule has 0 saturated heterocycles. The van der Waals surface area contributed by atoms with Crippen molar-refractivity contribution >= 4 is 39.5 Å². The van der Waals surface area contributed by atoms with Gasteiger partial charge in [-0.05, 0) is 31.6 Å². The highest BCUT2D eigenvalue weighted by Gasteiger charge is 2.30. The van der Waals surface area contributed by atoms with E-state index in [1.54, 1.807) is 0 Å². The zero-order chi connectivity index (χ0) is 68.4. The van der Waals surface area contributed by atoms with Gasteiger partial charge in [0.2, 0.25) is 0 Å². The zero-order valence-corrected chi connectivity index (χ0v) is 62.2. The summed E-state index contributed by atoms with van der Waals surface area (Å²) in [6.45, 7) is 7.20. The fourth-order valence-electron chi connectivity index (χ4n) is 11.4. The molecule has 19 heteroatoms. The summed E-state index contributed by atoms with van der Waals surface area (Å²) in [5.74, 6) is -1.42. The SMILES string of the molecule is CCCCCCCCCCCCCCCCCCCCCCC(=O)O[C@H](COC(=O)CCCCCCCCCCCCCCC)COP(=O)(O)OC[C@@H](O)COP(=O)(O)OC[C@@H](COC(=O)CCCCCCCCCCCC)OC(=O)CCCCCCCCCC(C)C. The molecule has 0 aromatic carbocycles. The first kappa shape index (κ1) is 91.1. The van der Waals surface area contributed by atoms with Crippen LogP contribution in [0.1, 0.15) is 388 Å². The number of rotatable bonds is 74. The Bertz CT molecular complexity index is 1790. The van der Waals surface area contributed by atoms with E-state index in [0.29, 0.717) is 31.6 Å². The summed E-state index contributed by atoms with van der Waals surface area (Å²) in [6.07, 6.45) is 55.6. The lowest BCUT2D eigenvalue weighted by atomic mass is 10.0. The number of ether oxygens (including phenoxy) is 4. The molecule has 93 heavy (non-hydrogen) atoms. The van der Waals surface area contributed by atoms with Crippen LogP contribution in [0.3, 0.4) is 0 Å². The van der Waals surface area contributed by atoms with Crippen molar-refractivity contribution in [3.8, 4) is 0 Å². The maximum Gasteiger partial charge on any atom is 0.472 e. The van der Waals surface area contributed by atoms with Crippen LogP contribution >= 0.6 is 15.6 Å². The summed E-state index contributed by atoms with van der Waals surface area (Å²) < 4.78 is 68.4. The van der Waals surface area contributed by atoms with E-state index < -0.39 is 97.5 Å². The number of aliphatic hydroxyl groups is 1. The number of phosphoric ester groups is 2. The topological polar surface area (TPSA) is 237 Å². The molecule has 0 aliphatic rings. The second-order valence-electron chi connectivity index (χ2n) is 27.2. The molecule has 0 fully saturated rings. The van der Waals surface area contributed by atoms with E-state index in [2.05, 4.69) is 34.6 Å². The van der Waals surface area contributed by atoms with Crippen LogP contribution in [0.2, 0.25) is 0 Å². The van der Waals surface area contributed by atoms with Crippen LogP contribution in [0, 0.1) is 5.92 Å². The number of hydrogen-bond acceptors (Lipinski definition) is 15. The van der Waals surface area contributed by atoms with E-state index in [9.17, 15) is 43.2 Å². The predicted molar refractivity (Wildman–Crippen MR) is 377 cm³/mol. The van der Waals surface area contributed by atoms with Crippen LogP contribution in [0.25, 0.3) is 0 Å². The molecular formula is C74H144O17P2. The molecule has 0 saturated carbocycles. The summed E-state index contributed by atoms with van der Waals surface area (Å²) >= 11 is 0. The Morgan fingerprint density at radius 3 is 0.731 bits per heavy atom. The number of unbranched alkanes of at least 4 members (excludes halogenated alkanes) is 46. The standard InChI is InChI=1S/C74H144O17P2/c1-6-9-12-15-18-21-24-26-27-28-29-30-31-32-34-36-39-44-49-54-59-73(78)90-69(63-85-72(77)58-53-48-43-38-35-33-25-22-19-16-13-10-7-2)65-88-92(80,81)86-61-68(75)62-87-93(82,83)89-66-70(91-74(79)60-55-50-45-40-41-46-51-56-67(4)5)64-84-71(76)57-52-47-42-37-23-20-17-14-11-8-3/h67-70,75H,6-66H2,1-5H3,(H,80,81)(H,82,83)/t68-,69-,70-/m1/s1. The van der Waals surface area contributed by atoms with Gasteiger partial charge in [0.1, 0.15) is 19.3 Å². The molecule has 0 spiro atoms. The molecule has 3 N–H and O–H groups in total. The molecule has 0 aliphatic heterocycles. The fourth-order valence-corrected chi connectivity index (χ4v) is 12.9. The van der Waals surface area contributed by atoms with E-state index in [1.807, 2.05) is 0 Å². The van der Waals surface area contributed by atoms with Crippen molar-refractivity contribution in [2.24, 2.45) is 5.92 Å². The Hall–Kier alpha value is -1.94. The average molecular weight is 1370 g/mol. The molecule has 0 bridgehead atoms. The second kappa shape index (κ2) is 67.3. The van der Waals surface area contributed by atoms with Gasteiger partial charge in [0, 0.05) is 25.7 Å². The second-order valence-corrected chi connectivity index (χ2v) is 30.1. The maximum atomic E-state index is 13.1. The van der Waals surface area contributed by atoms with Gasteiger partial charge in [0.15, 0.2) is 12.2 Å². The molecule has 0 rings (SSSR count). The molecule has 0 aliphatic carbocycles. The Kier molecular flexibility index (Phi) is 65.9. The molecule has 17 nitrogen and oxygen atoms in total. The largest absolute Gasteiger partial charge is 0.472 e. The van der Waals surface area contributed by atoms with Gasteiger partial charge in [-0.2, -0.15) is 0 Å². The van der Waals surface area contributed by atoms with Crippen LogP contribution in [-0.2, 0) is 65.4 Å². The van der Waals surface area contributed by atoms with Crippen LogP contribution in [-0.4, -0.2) is 96.7 Å². The van der Waals surface area contributed by atoms with Gasteiger partial charge in [-0.15, -0.1) is 0 Å². The first-order valence-corrected chi connectivity index (χ1v) is 41.6. The van der Waals surface area contributed by atoms with Crippen molar-refractivity contribution in [2.45, 2.75) is 406 Å². The summed E-state index contributed by atoms with van der Waals surface area (Å²) in [4.78, 5) is 72.6. The molecule has 0 amide bonds. The minimum atomic E-state index is -4.95. The summed E-state index contributed by atoms with van der Waals surface area (Å²) in [5.41, 5.74) is 0. The van der Waals surface area contributed by atoms with E-state index >= 15 is 0 Å². The van der Waals surface area contributed by atoms with Crippen molar-refractivity contribution < 1.29 is 80.2 Å². The summed E-state index contributed by atoms with van der Waals surface area (Å²) in [6, 6.07) is 0. The fraction of sp³-hybridized carbons (Fsp3) is 0.946. The van der Waals surface area contributed by atoms with Crippen molar-refractivity contribution in [1.29, 1.82) is 0 Å². The lowest BCUT2D eigenvalue weighted by Gasteiger charge is -2.21. The Labute approximate surface area is 568 Å². The van der Waals surface area contributed by atoms with Gasteiger partial charge in [0.25, 0.3) is 0 Å². The predicted octanol–water partition coefficient (Wildman–Crippen LogP) is 21.7. The molecular weight excluding hydrogens is 1220 g/mol. The Morgan fingerprint density at radius 2 is 0.495 bits per heavy atom. The molecule has 0 radical (unpaired) electrons. The van der Waals surface area contributed by atoms with Crippen LogP contribution in [0.15, 0.2) is 0 Å². The molecule has 552 valence electrons. The molecule has 0 heterocycles. The van der Waals surface area contributed by atoms with E-state index in [1.165, 1.54) is 212 Å². The summed E-state index contributed by atoms with van der Waals surface area (Å²) in [5, 5.41) is 10.6. The van der Waals surface area contributed by atoms with Gasteiger partial charge in [-0.1, -0.05) is 336 Å². The molecule has 0 aromatic rings. The maximum absolute atomic E-state index is 13.1. The van der Waals surface area contributed by atoms with Crippen molar-refractivity contribution in [2.75, 3.05) is 39.6 Å². The number of carbonyl (C=O) groups is 4. The van der Waals surface area contributed by atoms with Crippen molar-refractivity contribution in [1.82, 2.24) is 0 Å². The van der Waals surface area contributed by atoms with Crippen LogP contribution in [0.5, 0.6) is 0 Å². The smallest absolute Gasteiger partial charge is 0.462 e. The Balaban J connectivity index is 5.19.